The minimum absolute atomic E-state index is 0.106. The third-order valence-corrected chi connectivity index (χ3v) is 10.2. The zero-order valence-corrected chi connectivity index (χ0v) is 30.1. The van der Waals surface area contributed by atoms with Crippen LogP contribution in [0.25, 0.3) is 0 Å². The first-order valence-corrected chi connectivity index (χ1v) is 17.0. The fourth-order valence-corrected chi connectivity index (χ4v) is 7.61. The molecule has 2 bridgehead atoms. The van der Waals surface area contributed by atoms with Gasteiger partial charge in [-0.1, -0.05) is 39.8 Å². The van der Waals surface area contributed by atoms with Crippen molar-refractivity contribution in [3.8, 4) is 0 Å². The number of cyclic esters (lactones) is 1. The van der Waals surface area contributed by atoms with Gasteiger partial charge in [0.2, 0.25) is 5.91 Å². The van der Waals surface area contributed by atoms with E-state index in [1.165, 1.54) is 13.8 Å². The van der Waals surface area contributed by atoms with Gasteiger partial charge in [-0.15, -0.1) is 0 Å². The van der Waals surface area contributed by atoms with E-state index in [2.05, 4.69) is 4.99 Å². The smallest absolute Gasteiger partial charge is 0.316 e. The molecule has 0 saturated carbocycles. The average molecular weight is 667 g/mol. The van der Waals surface area contributed by atoms with E-state index in [-0.39, 0.29) is 38.2 Å². The predicted molar refractivity (Wildman–Crippen MR) is 176 cm³/mol. The minimum Gasteiger partial charge on any atom is -0.459 e. The van der Waals surface area contributed by atoms with Crippen molar-refractivity contribution < 1.29 is 48.3 Å². The number of aliphatic hydroxyl groups excluding tert-OH is 1. The van der Waals surface area contributed by atoms with Crippen molar-refractivity contribution in [3.05, 3.63) is 12.2 Å². The maximum absolute atomic E-state index is 14.2. The quantitative estimate of drug-likeness (QED) is 0.259. The number of amides is 1. The zero-order chi connectivity index (χ0) is 35.4. The molecule has 2 N–H and O–H groups in total. The average Bonchev–Trinajstić information content (AvgIpc) is 2.99. The van der Waals surface area contributed by atoms with E-state index in [0.717, 1.165) is 0 Å². The predicted octanol–water partition coefficient (Wildman–Crippen LogP) is 3.11. The highest BCUT2D eigenvalue weighted by Gasteiger charge is 2.52. The largest absolute Gasteiger partial charge is 0.459 e. The molecular formula is C35H58N2O10. The molecule has 0 radical (unpaired) electrons. The summed E-state index contributed by atoms with van der Waals surface area (Å²) in [6, 6.07) is -0.264. The number of Topliss-reactive ketones (excluding diaryl/α,β-unsaturated/α-hetero) is 1. The number of rotatable bonds is 4. The molecule has 268 valence electrons. The molecule has 12 heteroatoms. The third-order valence-electron chi connectivity index (χ3n) is 10.2. The summed E-state index contributed by atoms with van der Waals surface area (Å²) in [5.41, 5.74) is -2.45. The second-order valence-electron chi connectivity index (χ2n) is 14.4. The number of aliphatic hydroxyl groups is 2. The van der Waals surface area contributed by atoms with Gasteiger partial charge in [0.25, 0.3) is 0 Å². The Labute approximate surface area is 280 Å². The van der Waals surface area contributed by atoms with Crippen LogP contribution in [0, 0.1) is 23.7 Å². The SMILES string of the molecule is CC[C@H]1OC(=O)[C@H](C)C(=O)[C@H](C)[C@@H](O[C@@H]2O[C@H](C)C[C@H](N(C)C)[C@H]2O)[C@@]2(C)C[C@@H](C)C(=NC(C)=O)[C@H](C)[C@H](OC/C=C/CO2)[C@]1(C)O. The monoisotopic (exact) mass is 666 g/mol. The van der Waals surface area contributed by atoms with Gasteiger partial charge in [0.15, 0.2) is 12.1 Å². The van der Waals surface area contributed by atoms with Crippen LogP contribution in [0.1, 0.15) is 81.6 Å². The van der Waals surface area contributed by atoms with Crippen LogP contribution in [0.2, 0.25) is 0 Å². The van der Waals surface area contributed by atoms with Gasteiger partial charge in [0.05, 0.1) is 37.1 Å². The van der Waals surface area contributed by atoms with Crippen LogP contribution in [-0.4, -0.2) is 120 Å². The fourth-order valence-electron chi connectivity index (χ4n) is 7.61. The number of carbonyl (C=O) groups excluding carboxylic acids is 3. The van der Waals surface area contributed by atoms with Crippen LogP contribution in [-0.2, 0) is 38.1 Å². The summed E-state index contributed by atoms with van der Waals surface area (Å²) >= 11 is 0. The van der Waals surface area contributed by atoms with Crippen LogP contribution in [0.3, 0.4) is 0 Å². The van der Waals surface area contributed by atoms with E-state index in [4.69, 9.17) is 23.7 Å². The minimum atomic E-state index is -1.71. The van der Waals surface area contributed by atoms with Crippen molar-refractivity contribution >= 4 is 23.4 Å². The van der Waals surface area contributed by atoms with Crippen molar-refractivity contribution in [2.45, 2.75) is 136 Å². The molecule has 0 aromatic rings. The second-order valence-corrected chi connectivity index (χ2v) is 14.4. The van der Waals surface area contributed by atoms with Crippen molar-refractivity contribution in [3.63, 3.8) is 0 Å². The lowest BCUT2D eigenvalue weighted by Crippen LogP contribution is -2.60. The lowest BCUT2D eigenvalue weighted by atomic mass is 9.73. The van der Waals surface area contributed by atoms with E-state index in [1.54, 1.807) is 32.9 Å². The molecule has 0 spiro atoms. The lowest BCUT2D eigenvalue weighted by Gasteiger charge is -2.48. The summed E-state index contributed by atoms with van der Waals surface area (Å²) in [4.78, 5) is 46.7. The first kappa shape index (κ1) is 39.4. The van der Waals surface area contributed by atoms with Crippen LogP contribution >= 0.6 is 0 Å². The Bertz CT molecular complexity index is 1170. The van der Waals surface area contributed by atoms with Crippen molar-refractivity contribution in [2.24, 2.45) is 28.7 Å². The molecule has 12 nitrogen and oxygen atoms in total. The summed E-state index contributed by atoms with van der Waals surface area (Å²) < 4.78 is 31.6. The Morgan fingerprint density at radius 1 is 1.09 bits per heavy atom. The highest BCUT2D eigenvalue weighted by molar-refractivity contribution is 6.00. The molecule has 1 amide bonds. The molecule has 3 aliphatic rings. The molecule has 3 aliphatic heterocycles. The fraction of sp³-hybridized carbons (Fsp3) is 0.829. The third kappa shape index (κ3) is 8.95. The van der Waals surface area contributed by atoms with E-state index in [9.17, 15) is 24.6 Å². The Morgan fingerprint density at radius 2 is 1.72 bits per heavy atom. The second kappa shape index (κ2) is 16.1. The highest BCUT2D eigenvalue weighted by Crippen LogP contribution is 2.39. The molecule has 47 heavy (non-hydrogen) atoms. The Morgan fingerprint density at radius 3 is 2.32 bits per heavy atom. The van der Waals surface area contributed by atoms with E-state index in [0.29, 0.717) is 12.1 Å². The van der Waals surface area contributed by atoms with Gasteiger partial charge in [-0.2, -0.15) is 0 Å². The molecule has 13 atom stereocenters. The number of carbonyl (C=O) groups is 3. The molecule has 2 fully saturated rings. The van der Waals surface area contributed by atoms with Crippen LogP contribution in [0.15, 0.2) is 17.1 Å². The summed E-state index contributed by atoms with van der Waals surface area (Å²) in [6.45, 7) is 15.6. The summed E-state index contributed by atoms with van der Waals surface area (Å²) in [6.07, 6.45) is -0.717. The topological polar surface area (TPSA) is 153 Å². The van der Waals surface area contributed by atoms with Crippen molar-refractivity contribution in [2.75, 3.05) is 27.3 Å². The van der Waals surface area contributed by atoms with Gasteiger partial charge in [0.1, 0.15) is 23.7 Å². The summed E-state index contributed by atoms with van der Waals surface area (Å²) in [7, 11) is 3.76. The van der Waals surface area contributed by atoms with Crippen LogP contribution in [0.5, 0.6) is 0 Å². The maximum Gasteiger partial charge on any atom is 0.316 e. The standard InChI is InChI=1S/C35H58N2O10/c1-12-26-35(9,42)31-21(4)27(36-24(7)38)19(2)18-34(8,44-16-14-13-15-43-31)30(22(5)28(39)23(6)32(41)46-26)47-33-29(40)25(37(10)11)17-20(3)45-33/h13-14,19-23,25-26,29-31,33,40,42H,12,15-18H2,1-11H3/b14-13+,36-27?/t19-,20-,21+,22+,23-,25+,26-,29-,30-,31+,33+,34-,35-/m1/s1. The summed E-state index contributed by atoms with van der Waals surface area (Å²) in [5.74, 6) is -4.80. The zero-order valence-electron chi connectivity index (χ0n) is 30.1. The molecular weight excluding hydrogens is 608 g/mol. The van der Waals surface area contributed by atoms with Gasteiger partial charge in [-0.3, -0.25) is 14.4 Å². The van der Waals surface area contributed by atoms with E-state index >= 15 is 0 Å². The van der Waals surface area contributed by atoms with E-state index in [1.807, 2.05) is 46.7 Å². The normalized spacial score (nSPS) is 44.6. The molecule has 0 aromatic carbocycles. The first-order valence-electron chi connectivity index (χ1n) is 17.0. The number of ether oxygens (including phenoxy) is 5. The molecule has 3 heterocycles. The highest BCUT2D eigenvalue weighted by atomic mass is 16.7. The molecule has 3 rings (SSSR count). The molecule has 0 unspecified atom stereocenters. The maximum atomic E-state index is 14.2. The van der Waals surface area contributed by atoms with Gasteiger partial charge in [-0.05, 0) is 67.0 Å². The summed E-state index contributed by atoms with van der Waals surface area (Å²) in [5, 5.41) is 23.5. The van der Waals surface area contributed by atoms with Crippen molar-refractivity contribution in [1.29, 1.82) is 0 Å². The molecule has 2 saturated heterocycles. The van der Waals surface area contributed by atoms with Gasteiger partial charge in [0, 0.05) is 30.5 Å². The van der Waals surface area contributed by atoms with Crippen molar-refractivity contribution in [1.82, 2.24) is 4.90 Å². The lowest BCUT2D eigenvalue weighted by molar-refractivity contribution is -0.296. The van der Waals surface area contributed by atoms with Crippen LogP contribution < -0.4 is 0 Å². The molecule has 0 aliphatic carbocycles. The number of likely N-dealkylation sites (N-methyl/N-ethyl adjacent to an activating group) is 1. The van der Waals surface area contributed by atoms with Gasteiger partial charge in [-0.25, -0.2) is 4.99 Å². The number of esters is 1. The van der Waals surface area contributed by atoms with Gasteiger partial charge < -0.3 is 38.8 Å². The number of aliphatic imine (C=N–C) groups is 1. The van der Waals surface area contributed by atoms with E-state index < -0.39 is 83.2 Å². The Balaban J connectivity index is 2.27. The van der Waals surface area contributed by atoms with Crippen LogP contribution in [0.4, 0.5) is 0 Å². The number of fused-ring (bicyclic) bond motifs is 5. The Kier molecular flexibility index (Phi) is 13.5. The Hall–Kier alpha value is -2.06. The number of hydrogen-bond acceptors (Lipinski definition) is 11. The number of hydrogen-bond donors (Lipinski definition) is 2. The first-order chi connectivity index (χ1) is 21.8. The van der Waals surface area contributed by atoms with Gasteiger partial charge >= 0.3 is 5.97 Å². The number of ketones is 1. The number of nitrogens with zero attached hydrogens (tertiary/aromatic N) is 2. The molecule has 0 aromatic heterocycles.